The van der Waals surface area contributed by atoms with Crippen LogP contribution in [0.3, 0.4) is 0 Å². The molecule has 2 atom stereocenters. The highest BCUT2D eigenvalue weighted by molar-refractivity contribution is 4.67. The molecule has 0 spiro atoms. The van der Waals surface area contributed by atoms with Crippen LogP contribution < -0.4 is 0 Å². The molecule has 0 aromatic heterocycles. The Morgan fingerprint density at radius 3 is 2.22 bits per heavy atom. The van der Waals surface area contributed by atoms with Gasteiger partial charge in [-0.25, -0.2) is 0 Å². The Morgan fingerprint density at radius 1 is 1.33 bits per heavy atom. The van der Waals surface area contributed by atoms with Crippen molar-refractivity contribution in [1.82, 2.24) is 4.90 Å². The van der Waals surface area contributed by atoms with Crippen LogP contribution in [0.4, 0.5) is 0 Å². The topological polar surface area (TPSA) is 12.5 Å². The predicted molar refractivity (Wildman–Crippen MR) is 37.3 cm³/mol. The molecule has 0 aromatic carbocycles. The fraction of sp³-hybridized carbons (Fsp3) is 1.00. The molecule has 9 heavy (non-hydrogen) atoms. The van der Waals surface area contributed by atoms with Gasteiger partial charge in [0.2, 0.25) is 0 Å². The Bertz CT molecular complexity index is 92.9. The molecule has 0 aromatic rings. The Labute approximate surface area is 56.8 Å². The summed E-state index contributed by atoms with van der Waals surface area (Å²) in [7, 11) is 4.12. The van der Waals surface area contributed by atoms with Crippen LogP contribution in [0.1, 0.15) is 19.8 Å². The fourth-order valence-corrected chi connectivity index (χ4v) is 1.16. The lowest BCUT2D eigenvalue weighted by molar-refractivity contribution is -0.0249. The lowest BCUT2D eigenvalue weighted by atomic mass is 10.2. The minimum Gasteiger partial charge on any atom is -0.360 e. The third-order valence-corrected chi connectivity index (χ3v) is 1.79. The van der Waals surface area contributed by atoms with E-state index in [4.69, 9.17) is 4.74 Å². The van der Waals surface area contributed by atoms with E-state index in [0.29, 0.717) is 12.3 Å². The molecule has 1 heterocycles. The van der Waals surface area contributed by atoms with Gasteiger partial charge in [0.15, 0.2) is 0 Å². The Kier molecular flexibility index (Phi) is 2.09. The van der Waals surface area contributed by atoms with Gasteiger partial charge < -0.3 is 4.74 Å². The zero-order chi connectivity index (χ0) is 6.85. The molecule has 0 amide bonds. The summed E-state index contributed by atoms with van der Waals surface area (Å²) < 4.78 is 5.55. The van der Waals surface area contributed by atoms with Crippen molar-refractivity contribution in [3.05, 3.63) is 0 Å². The molecule has 1 fully saturated rings. The predicted octanol–water partition coefficient (Wildman–Crippen LogP) is 1.07. The van der Waals surface area contributed by atoms with Crippen molar-refractivity contribution in [3.8, 4) is 0 Å². The number of nitrogens with zero attached hydrogens (tertiary/aromatic N) is 1. The molecule has 0 aliphatic carbocycles. The zero-order valence-corrected chi connectivity index (χ0v) is 6.42. The van der Waals surface area contributed by atoms with Crippen molar-refractivity contribution in [3.63, 3.8) is 0 Å². The summed E-state index contributed by atoms with van der Waals surface area (Å²) in [6, 6.07) is 0. The van der Waals surface area contributed by atoms with Gasteiger partial charge >= 0.3 is 0 Å². The normalized spacial score (nSPS) is 36.0. The summed E-state index contributed by atoms with van der Waals surface area (Å²) in [4.78, 5) is 2.13. The van der Waals surface area contributed by atoms with Crippen LogP contribution in [0.2, 0.25) is 0 Å². The van der Waals surface area contributed by atoms with E-state index in [-0.39, 0.29) is 0 Å². The number of hydrogen-bond donors (Lipinski definition) is 0. The van der Waals surface area contributed by atoms with Crippen LogP contribution in [-0.4, -0.2) is 31.3 Å². The molecule has 1 saturated heterocycles. The maximum absolute atomic E-state index is 5.55. The Hall–Kier alpha value is -0.0800. The van der Waals surface area contributed by atoms with Gasteiger partial charge in [-0.05, 0) is 33.9 Å². The first-order valence-corrected chi connectivity index (χ1v) is 3.52. The van der Waals surface area contributed by atoms with Crippen LogP contribution in [0.5, 0.6) is 0 Å². The maximum atomic E-state index is 5.55. The largest absolute Gasteiger partial charge is 0.360 e. The van der Waals surface area contributed by atoms with Gasteiger partial charge in [0.05, 0.1) is 6.10 Å². The van der Waals surface area contributed by atoms with Gasteiger partial charge in [0.25, 0.3) is 0 Å². The van der Waals surface area contributed by atoms with Crippen molar-refractivity contribution in [2.24, 2.45) is 0 Å². The fourth-order valence-electron chi connectivity index (χ4n) is 1.16. The summed E-state index contributed by atoms with van der Waals surface area (Å²) in [5, 5.41) is 0. The quantitative estimate of drug-likeness (QED) is 0.525. The highest BCUT2D eigenvalue weighted by atomic mass is 16.5. The van der Waals surface area contributed by atoms with Gasteiger partial charge in [-0.15, -0.1) is 0 Å². The standard InChI is InChI=1S/C7H15NO/c1-6-4-5-7(9-6)8(2)3/h6-7H,4-5H2,1-3H3. The van der Waals surface area contributed by atoms with Crippen molar-refractivity contribution in [2.45, 2.75) is 32.1 Å². The van der Waals surface area contributed by atoms with Gasteiger partial charge in [-0.3, -0.25) is 4.90 Å². The van der Waals surface area contributed by atoms with E-state index in [9.17, 15) is 0 Å². The van der Waals surface area contributed by atoms with Crippen LogP contribution in [-0.2, 0) is 4.74 Å². The van der Waals surface area contributed by atoms with Crippen LogP contribution >= 0.6 is 0 Å². The second-order valence-electron chi connectivity index (χ2n) is 2.94. The molecule has 1 rings (SSSR count). The van der Waals surface area contributed by atoms with Crippen LogP contribution in [0.25, 0.3) is 0 Å². The summed E-state index contributed by atoms with van der Waals surface area (Å²) >= 11 is 0. The third-order valence-electron chi connectivity index (χ3n) is 1.79. The third kappa shape index (κ3) is 1.66. The van der Waals surface area contributed by atoms with Crippen molar-refractivity contribution < 1.29 is 4.74 Å². The highest BCUT2D eigenvalue weighted by Crippen LogP contribution is 2.19. The van der Waals surface area contributed by atoms with Crippen LogP contribution in [0, 0.1) is 0 Å². The first-order chi connectivity index (χ1) is 4.20. The molecule has 1 aliphatic heterocycles. The molecule has 2 nitrogen and oxygen atoms in total. The van der Waals surface area contributed by atoms with E-state index in [0.717, 1.165) is 0 Å². The minimum absolute atomic E-state index is 0.375. The average Bonchev–Trinajstić information content (AvgIpc) is 2.14. The molecule has 0 saturated carbocycles. The number of rotatable bonds is 1. The van der Waals surface area contributed by atoms with E-state index in [1.165, 1.54) is 12.8 Å². The van der Waals surface area contributed by atoms with Crippen molar-refractivity contribution in [1.29, 1.82) is 0 Å². The monoisotopic (exact) mass is 129 g/mol. The minimum atomic E-state index is 0.375. The highest BCUT2D eigenvalue weighted by Gasteiger charge is 2.22. The van der Waals surface area contributed by atoms with Gasteiger partial charge in [-0.1, -0.05) is 0 Å². The average molecular weight is 129 g/mol. The lowest BCUT2D eigenvalue weighted by Gasteiger charge is -2.18. The van der Waals surface area contributed by atoms with Gasteiger partial charge in [-0.2, -0.15) is 0 Å². The molecule has 54 valence electrons. The number of ether oxygens (including phenoxy) is 1. The molecular weight excluding hydrogens is 114 g/mol. The Balaban J connectivity index is 2.30. The molecule has 0 N–H and O–H groups in total. The maximum Gasteiger partial charge on any atom is 0.110 e. The first-order valence-electron chi connectivity index (χ1n) is 3.52. The lowest BCUT2D eigenvalue weighted by Crippen LogP contribution is -2.27. The molecule has 2 heteroatoms. The van der Waals surface area contributed by atoms with Crippen molar-refractivity contribution >= 4 is 0 Å². The van der Waals surface area contributed by atoms with Gasteiger partial charge in [0, 0.05) is 0 Å². The van der Waals surface area contributed by atoms with E-state index < -0.39 is 0 Å². The summed E-state index contributed by atoms with van der Waals surface area (Å²) in [5.74, 6) is 0. The second-order valence-corrected chi connectivity index (χ2v) is 2.94. The summed E-state index contributed by atoms with van der Waals surface area (Å²) in [5.41, 5.74) is 0. The second kappa shape index (κ2) is 2.67. The number of hydrogen-bond acceptors (Lipinski definition) is 2. The molecule has 1 aliphatic rings. The van der Waals surface area contributed by atoms with Crippen LogP contribution in [0.15, 0.2) is 0 Å². The zero-order valence-electron chi connectivity index (χ0n) is 6.42. The molecule has 0 radical (unpaired) electrons. The molecule has 2 unspecified atom stereocenters. The molecular formula is C7H15NO. The van der Waals surface area contributed by atoms with E-state index in [2.05, 4.69) is 25.9 Å². The van der Waals surface area contributed by atoms with Crippen molar-refractivity contribution in [2.75, 3.05) is 14.1 Å². The first kappa shape index (κ1) is 7.03. The van der Waals surface area contributed by atoms with E-state index in [1.54, 1.807) is 0 Å². The van der Waals surface area contributed by atoms with E-state index >= 15 is 0 Å². The van der Waals surface area contributed by atoms with Gasteiger partial charge in [0.1, 0.15) is 6.23 Å². The Morgan fingerprint density at radius 2 is 2.00 bits per heavy atom. The molecule has 0 bridgehead atoms. The van der Waals surface area contributed by atoms with E-state index in [1.807, 2.05) is 0 Å². The summed E-state index contributed by atoms with van der Waals surface area (Å²) in [6.45, 7) is 2.13. The smallest absolute Gasteiger partial charge is 0.110 e. The SMILES string of the molecule is CC1CCC(N(C)C)O1. The summed E-state index contributed by atoms with van der Waals surface area (Å²) in [6.07, 6.45) is 3.24.